The van der Waals surface area contributed by atoms with E-state index >= 15 is 0 Å². The number of nitrogens with two attached hydrogens (primary N) is 1. The summed E-state index contributed by atoms with van der Waals surface area (Å²) in [7, 11) is -3.78. The number of pyridine rings is 1. The molecule has 0 amide bonds. The smallest absolute Gasteiger partial charge is 0.356 e. The molecule has 0 aliphatic heterocycles. The van der Waals surface area contributed by atoms with Crippen LogP contribution in [0.3, 0.4) is 0 Å². The van der Waals surface area contributed by atoms with E-state index in [0.717, 1.165) is 12.8 Å². The largest absolute Gasteiger partial charge is 0.476 e. The first-order valence-corrected chi connectivity index (χ1v) is 8.23. The number of carboxylic acid groups (broad SMARTS) is 1. The second kappa shape index (κ2) is 5.10. The van der Waals surface area contributed by atoms with Crippen molar-refractivity contribution in [3.05, 3.63) is 47.8 Å². The fourth-order valence-electron chi connectivity index (χ4n) is 2.29. The molecule has 0 atom stereocenters. The summed E-state index contributed by atoms with van der Waals surface area (Å²) in [5.41, 5.74) is 5.54. The van der Waals surface area contributed by atoms with Gasteiger partial charge in [0.05, 0.1) is 21.2 Å². The van der Waals surface area contributed by atoms with Gasteiger partial charge in [0.15, 0.2) is 5.69 Å². The van der Waals surface area contributed by atoms with Gasteiger partial charge in [-0.25, -0.2) is 18.2 Å². The summed E-state index contributed by atoms with van der Waals surface area (Å²) < 4.78 is 25.6. The highest BCUT2D eigenvalue weighted by molar-refractivity contribution is 7.91. The molecule has 0 bridgehead atoms. The minimum atomic E-state index is -3.78. The highest BCUT2D eigenvalue weighted by atomic mass is 32.2. The standard InChI is InChI=1S/C15H14N2O4S/c16-11-8-12(22(20,21)10-4-2-1-3-5-10)13(9-6-7-9)17-14(11)15(18)19/h1-5,8-9H,6-7,16H2,(H,18,19). The van der Waals surface area contributed by atoms with E-state index in [4.69, 9.17) is 10.8 Å². The monoisotopic (exact) mass is 318 g/mol. The van der Waals surface area contributed by atoms with Crippen LogP contribution in [0.25, 0.3) is 0 Å². The number of benzene rings is 1. The van der Waals surface area contributed by atoms with E-state index in [9.17, 15) is 13.2 Å². The SMILES string of the molecule is Nc1cc(S(=O)(=O)c2ccccc2)c(C2CC2)nc1C(=O)O. The number of carboxylic acids is 1. The predicted octanol–water partition coefficient (Wildman–Crippen LogP) is 2.07. The molecule has 1 aromatic heterocycles. The summed E-state index contributed by atoms with van der Waals surface area (Å²) >= 11 is 0. The number of aromatic nitrogens is 1. The Labute approximate surface area is 127 Å². The number of anilines is 1. The molecule has 0 radical (unpaired) electrons. The number of hydrogen-bond donors (Lipinski definition) is 2. The first-order valence-electron chi connectivity index (χ1n) is 6.75. The molecular formula is C15H14N2O4S. The highest BCUT2D eigenvalue weighted by Gasteiger charge is 2.34. The lowest BCUT2D eigenvalue weighted by Crippen LogP contribution is -2.13. The first-order chi connectivity index (χ1) is 10.4. The Morgan fingerprint density at radius 2 is 1.86 bits per heavy atom. The van der Waals surface area contributed by atoms with Gasteiger partial charge in [-0.2, -0.15) is 0 Å². The zero-order valence-corrected chi connectivity index (χ0v) is 12.4. The first kappa shape index (κ1) is 14.5. The van der Waals surface area contributed by atoms with E-state index in [1.165, 1.54) is 18.2 Å². The predicted molar refractivity (Wildman–Crippen MR) is 79.5 cm³/mol. The molecule has 7 heteroatoms. The Kier molecular flexibility index (Phi) is 3.37. The number of aromatic carboxylic acids is 1. The number of carbonyl (C=O) groups is 1. The van der Waals surface area contributed by atoms with Gasteiger partial charge in [0.1, 0.15) is 0 Å². The molecule has 6 nitrogen and oxygen atoms in total. The van der Waals surface area contributed by atoms with Gasteiger partial charge in [0, 0.05) is 5.92 Å². The summed E-state index contributed by atoms with van der Waals surface area (Å²) in [6, 6.07) is 9.19. The van der Waals surface area contributed by atoms with Crippen LogP contribution in [-0.2, 0) is 9.84 Å². The topological polar surface area (TPSA) is 110 Å². The Hall–Kier alpha value is -2.41. The second-order valence-corrected chi connectivity index (χ2v) is 7.12. The van der Waals surface area contributed by atoms with Crippen molar-refractivity contribution in [2.45, 2.75) is 28.6 Å². The van der Waals surface area contributed by atoms with E-state index in [1.54, 1.807) is 18.2 Å². The minimum Gasteiger partial charge on any atom is -0.476 e. The van der Waals surface area contributed by atoms with E-state index < -0.39 is 15.8 Å². The lowest BCUT2D eigenvalue weighted by molar-refractivity contribution is 0.0691. The molecule has 0 spiro atoms. The van der Waals surface area contributed by atoms with Crippen LogP contribution in [0.1, 0.15) is 34.9 Å². The van der Waals surface area contributed by atoms with Gasteiger partial charge in [-0.3, -0.25) is 0 Å². The lowest BCUT2D eigenvalue weighted by Gasteiger charge is -2.12. The summed E-state index contributed by atoms with van der Waals surface area (Å²) in [5.74, 6) is -1.28. The van der Waals surface area contributed by atoms with Crippen molar-refractivity contribution >= 4 is 21.5 Å². The quantitative estimate of drug-likeness (QED) is 0.893. The van der Waals surface area contributed by atoms with Gasteiger partial charge in [-0.15, -0.1) is 0 Å². The van der Waals surface area contributed by atoms with Gasteiger partial charge in [0.25, 0.3) is 0 Å². The van der Waals surface area contributed by atoms with E-state index in [0.29, 0.717) is 5.69 Å². The molecule has 1 heterocycles. The Morgan fingerprint density at radius 1 is 1.23 bits per heavy atom. The van der Waals surface area contributed by atoms with E-state index in [2.05, 4.69) is 4.98 Å². The molecule has 3 N–H and O–H groups in total. The number of hydrogen-bond acceptors (Lipinski definition) is 5. The number of nitrogens with zero attached hydrogens (tertiary/aromatic N) is 1. The maximum Gasteiger partial charge on any atom is 0.356 e. The summed E-state index contributed by atoms with van der Waals surface area (Å²) in [5, 5.41) is 9.11. The van der Waals surface area contributed by atoms with Gasteiger partial charge >= 0.3 is 5.97 Å². The molecular weight excluding hydrogens is 304 g/mol. The zero-order valence-electron chi connectivity index (χ0n) is 11.6. The van der Waals surface area contributed by atoms with Crippen LogP contribution in [0.4, 0.5) is 5.69 Å². The van der Waals surface area contributed by atoms with E-state index in [1.807, 2.05) is 0 Å². The average molecular weight is 318 g/mol. The fourth-order valence-corrected chi connectivity index (χ4v) is 3.83. The average Bonchev–Trinajstić information content (AvgIpc) is 3.32. The summed E-state index contributed by atoms with van der Waals surface area (Å²) in [6.45, 7) is 0. The van der Waals surface area contributed by atoms with E-state index in [-0.39, 0.29) is 27.1 Å². The van der Waals surface area contributed by atoms with Gasteiger partial charge in [-0.05, 0) is 31.0 Å². The third-order valence-corrected chi connectivity index (χ3v) is 5.35. The van der Waals surface area contributed by atoms with Crippen LogP contribution in [0.15, 0.2) is 46.2 Å². The van der Waals surface area contributed by atoms with Gasteiger partial charge < -0.3 is 10.8 Å². The Balaban J connectivity index is 2.22. The van der Waals surface area contributed by atoms with Gasteiger partial charge in [0.2, 0.25) is 9.84 Å². The van der Waals surface area contributed by atoms with Crippen LogP contribution in [0.5, 0.6) is 0 Å². The molecule has 1 aromatic carbocycles. The van der Waals surface area contributed by atoms with Crippen molar-refractivity contribution in [2.75, 3.05) is 5.73 Å². The van der Waals surface area contributed by atoms with Crippen molar-refractivity contribution in [2.24, 2.45) is 0 Å². The summed E-state index contributed by atoms with van der Waals surface area (Å²) in [4.78, 5) is 15.3. The highest BCUT2D eigenvalue weighted by Crippen LogP contribution is 2.43. The maximum atomic E-state index is 12.8. The Bertz CT molecular complexity index is 843. The molecule has 1 aliphatic carbocycles. The molecule has 0 unspecified atom stereocenters. The second-order valence-electron chi connectivity index (χ2n) is 5.21. The van der Waals surface area contributed by atoms with Crippen LogP contribution in [0, 0.1) is 0 Å². The maximum absolute atomic E-state index is 12.8. The molecule has 22 heavy (non-hydrogen) atoms. The molecule has 2 aromatic rings. The minimum absolute atomic E-state index is 0.00343. The van der Waals surface area contributed by atoms with Crippen LogP contribution in [-0.4, -0.2) is 24.5 Å². The molecule has 1 fully saturated rings. The lowest BCUT2D eigenvalue weighted by atomic mass is 10.2. The summed E-state index contributed by atoms with van der Waals surface area (Å²) in [6.07, 6.45) is 1.60. The van der Waals surface area contributed by atoms with Crippen molar-refractivity contribution in [3.63, 3.8) is 0 Å². The van der Waals surface area contributed by atoms with Crippen LogP contribution < -0.4 is 5.73 Å². The number of rotatable bonds is 4. The zero-order chi connectivity index (χ0) is 15.9. The molecule has 0 saturated heterocycles. The fraction of sp³-hybridized carbons (Fsp3) is 0.200. The van der Waals surface area contributed by atoms with Crippen LogP contribution >= 0.6 is 0 Å². The number of sulfone groups is 1. The van der Waals surface area contributed by atoms with Gasteiger partial charge in [-0.1, -0.05) is 18.2 Å². The molecule has 3 rings (SSSR count). The molecule has 1 saturated carbocycles. The molecule has 114 valence electrons. The third-order valence-electron chi connectivity index (χ3n) is 3.55. The van der Waals surface area contributed by atoms with Crippen molar-refractivity contribution in [3.8, 4) is 0 Å². The van der Waals surface area contributed by atoms with Crippen molar-refractivity contribution < 1.29 is 18.3 Å². The van der Waals surface area contributed by atoms with Crippen molar-refractivity contribution in [1.82, 2.24) is 4.98 Å². The molecule has 1 aliphatic rings. The van der Waals surface area contributed by atoms with Crippen LogP contribution in [0.2, 0.25) is 0 Å². The van der Waals surface area contributed by atoms with Crippen molar-refractivity contribution in [1.29, 1.82) is 0 Å². The Morgan fingerprint density at radius 3 is 2.41 bits per heavy atom. The third kappa shape index (κ3) is 2.43. The normalized spacial score (nSPS) is 14.7. The number of nitrogen functional groups attached to an aromatic ring is 1.